The third-order valence-electron chi connectivity index (χ3n) is 2.29. The van der Waals surface area contributed by atoms with Crippen molar-refractivity contribution in [3.8, 4) is 0 Å². The van der Waals surface area contributed by atoms with Gasteiger partial charge < -0.3 is 5.73 Å². The van der Waals surface area contributed by atoms with Crippen LogP contribution in [-0.4, -0.2) is 9.97 Å². The number of aromatic nitrogens is 2. The van der Waals surface area contributed by atoms with Crippen molar-refractivity contribution in [2.24, 2.45) is 0 Å². The third kappa shape index (κ3) is 2.90. The zero-order valence-electron chi connectivity index (χ0n) is 9.57. The van der Waals surface area contributed by atoms with Gasteiger partial charge in [-0.3, -0.25) is 0 Å². The number of nitrogen functional groups attached to an aromatic ring is 1. The molecule has 0 saturated heterocycles. The minimum Gasteiger partial charge on any atom is -0.395 e. The molecule has 0 bridgehead atoms. The van der Waals surface area contributed by atoms with E-state index in [1.54, 1.807) is 0 Å². The molecule has 88 valence electrons. The van der Waals surface area contributed by atoms with Crippen molar-refractivity contribution in [3.05, 3.63) is 40.8 Å². The molecule has 3 nitrogen and oxygen atoms in total. The predicted octanol–water partition coefficient (Wildman–Crippen LogP) is 3.48. The van der Waals surface area contributed by atoms with Crippen molar-refractivity contribution >= 4 is 29.1 Å². The summed E-state index contributed by atoms with van der Waals surface area (Å²) in [6.45, 7) is 4.13. The SMILES string of the molecule is Cc1ccc(Sc2nc(Cl)ncc2N)c(C)c1. The maximum atomic E-state index is 5.81. The second-order valence-corrected chi connectivity index (χ2v) is 5.14. The summed E-state index contributed by atoms with van der Waals surface area (Å²) in [7, 11) is 0. The number of nitrogens with two attached hydrogens (primary N) is 1. The predicted molar refractivity (Wildman–Crippen MR) is 71.5 cm³/mol. The van der Waals surface area contributed by atoms with Gasteiger partial charge in [-0.05, 0) is 37.1 Å². The normalized spacial score (nSPS) is 10.5. The minimum absolute atomic E-state index is 0.214. The lowest BCUT2D eigenvalue weighted by Gasteiger charge is -2.07. The highest BCUT2D eigenvalue weighted by atomic mass is 35.5. The number of hydrogen-bond acceptors (Lipinski definition) is 4. The fraction of sp³-hybridized carbons (Fsp3) is 0.167. The van der Waals surface area contributed by atoms with Gasteiger partial charge >= 0.3 is 0 Å². The number of halogens is 1. The molecule has 2 rings (SSSR count). The van der Waals surface area contributed by atoms with E-state index in [0.29, 0.717) is 10.7 Å². The quantitative estimate of drug-likeness (QED) is 0.667. The number of hydrogen-bond donors (Lipinski definition) is 1. The molecule has 1 heterocycles. The van der Waals surface area contributed by atoms with Crippen LogP contribution in [0.1, 0.15) is 11.1 Å². The molecule has 2 N–H and O–H groups in total. The molecule has 1 aromatic carbocycles. The molecule has 0 spiro atoms. The standard InChI is InChI=1S/C12H12ClN3S/c1-7-3-4-10(8(2)5-7)17-11-9(14)6-15-12(13)16-11/h3-6H,14H2,1-2H3. The Hall–Kier alpha value is -1.26. The van der Waals surface area contributed by atoms with E-state index in [1.165, 1.54) is 29.1 Å². The van der Waals surface area contributed by atoms with Gasteiger partial charge in [0.2, 0.25) is 5.28 Å². The molecule has 0 unspecified atom stereocenters. The highest BCUT2D eigenvalue weighted by Gasteiger charge is 2.07. The average Bonchev–Trinajstić information content (AvgIpc) is 2.27. The Morgan fingerprint density at radius 2 is 2.06 bits per heavy atom. The third-order valence-corrected chi connectivity index (χ3v) is 3.67. The van der Waals surface area contributed by atoms with Crippen LogP contribution in [0.2, 0.25) is 5.28 Å². The second kappa shape index (κ2) is 4.94. The number of benzene rings is 1. The molecular formula is C12H12ClN3S. The van der Waals surface area contributed by atoms with E-state index >= 15 is 0 Å². The summed E-state index contributed by atoms with van der Waals surface area (Å²) in [5, 5.41) is 0.906. The zero-order valence-corrected chi connectivity index (χ0v) is 11.1. The van der Waals surface area contributed by atoms with Gasteiger partial charge in [-0.15, -0.1) is 0 Å². The van der Waals surface area contributed by atoms with Gasteiger partial charge in [0.05, 0.1) is 11.9 Å². The Labute approximate surface area is 109 Å². The van der Waals surface area contributed by atoms with E-state index in [2.05, 4.69) is 42.0 Å². The first-order chi connectivity index (χ1) is 8.06. The first-order valence-corrected chi connectivity index (χ1v) is 6.29. The molecule has 0 amide bonds. The summed E-state index contributed by atoms with van der Waals surface area (Å²) in [5.41, 5.74) is 8.79. The van der Waals surface area contributed by atoms with Gasteiger partial charge in [0.1, 0.15) is 5.03 Å². The number of nitrogens with zero attached hydrogens (tertiary/aromatic N) is 2. The van der Waals surface area contributed by atoms with E-state index < -0.39 is 0 Å². The van der Waals surface area contributed by atoms with Crippen molar-refractivity contribution in [2.45, 2.75) is 23.8 Å². The van der Waals surface area contributed by atoms with Crippen LogP contribution in [0.3, 0.4) is 0 Å². The molecule has 0 aliphatic heterocycles. The van der Waals surface area contributed by atoms with E-state index in [0.717, 1.165) is 4.90 Å². The first kappa shape index (κ1) is 12.2. The lowest BCUT2D eigenvalue weighted by molar-refractivity contribution is 1.05. The molecule has 0 aliphatic carbocycles. The maximum Gasteiger partial charge on any atom is 0.223 e. The second-order valence-electron chi connectivity index (χ2n) is 3.77. The molecule has 0 radical (unpaired) electrons. The molecule has 0 saturated carbocycles. The van der Waals surface area contributed by atoms with Crippen molar-refractivity contribution in [2.75, 3.05) is 5.73 Å². The van der Waals surface area contributed by atoms with Gasteiger partial charge in [-0.25, -0.2) is 9.97 Å². The number of aryl methyl sites for hydroxylation is 2. The summed E-state index contributed by atoms with van der Waals surface area (Å²) < 4.78 is 0. The van der Waals surface area contributed by atoms with E-state index in [-0.39, 0.29) is 5.28 Å². The Kier molecular flexibility index (Phi) is 3.54. The van der Waals surface area contributed by atoms with Gasteiger partial charge in [-0.2, -0.15) is 0 Å². The lowest BCUT2D eigenvalue weighted by Crippen LogP contribution is -1.94. The summed E-state index contributed by atoms with van der Waals surface area (Å²) >= 11 is 7.26. The van der Waals surface area contributed by atoms with Crippen molar-refractivity contribution in [1.82, 2.24) is 9.97 Å². The summed E-state index contributed by atoms with van der Waals surface area (Å²) in [4.78, 5) is 9.08. The van der Waals surface area contributed by atoms with Crippen molar-refractivity contribution < 1.29 is 0 Å². The van der Waals surface area contributed by atoms with Gasteiger partial charge in [0.25, 0.3) is 0 Å². The van der Waals surface area contributed by atoms with Crippen LogP contribution in [0.4, 0.5) is 5.69 Å². The molecular weight excluding hydrogens is 254 g/mol. The molecule has 2 aromatic rings. The molecule has 0 fully saturated rings. The Balaban J connectivity index is 2.34. The van der Waals surface area contributed by atoms with Gasteiger partial charge in [0, 0.05) is 4.90 Å². The molecule has 0 aliphatic rings. The monoisotopic (exact) mass is 265 g/mol. The largest absolute Gasteiger partial charge is 0.395 e. The first-order valence-electron chi connectivity index (χ1n) is 5.09. The number of rotatable bonds is 2. The topological polar surface area (TPSA) is 51.8 Å². The highest BCUT2D eigenvalue weighted by Crippen LogP contribution is 2.32. The van der Waals surface area contributed by atoms with E-state index in [9.17, 15) is 0 Å². The van der Waals surface area contributed by atoms with E-state index in [1.807, 2.05) is 0 Å². The lowest BCUT2D eigenvalue weighted by atomic mass is 10.2. The summed E-state index contributed by atoms with van der Waals surface area (Å²) in [5.74, 6) is 0. The zero-order chi connectivity index (χ0) is 12.4. The Bertz CT molecular complexity index is 557. The Morgan fingerprint density at radius 3 is 2.76 bits per heavy atom. The van der Waals surface area contributed by atoms with Crippen LogP contribution < -0.4 is 5.73 Å². The van der Waals surface area contributed by atoms with Gasteiger partial charge in [-0.1, -0.05) is 29.5 Å². The van der Waals surface area contributed by atoms with Crippen molar-refractivity contribution in [1.29, 1.82) is 0 Å². The van der Waals surface area contributed by atoms with Crippen LogP contribution >= 0.6 is 23.4 Å². The maximum absolute atomic E-state index is 5.81. The number of anilines is 1. The average molecular weight is 266 g/mol. The van der Waals surface area contributed by atoms with Crippen molar-refractivity contribution in [3.63, 3.8) is 0 Å². The molecule has 5 heteroatoms. The summed E-state index contributed by atoms with van der Waals surface area (Å²) in [6.07, 6.45) is 1.53. The summed E-state index contributed by atoms with van der Waals surface area (Å²) in [6, 6.07) is 6.25. The Morgan fingerprint density at radius 1 is 1.29 bits per heavy atom. The molecule has 0 atom stereocenters. The smallest absolute Gasteiger partial charge is 0.223 e. The van der Waals surface area contributed by atoms with Crippen LogP contribution in [-0.2, 0) is 0 Å². The molecule has 17 heavy (non-hydrogen) atoms. The minimum atomic E-state index is 0.214. The van der Waals surface area contributed by atoms with Gasteiger partial charge in [0.15, 0.2) is 0 Å². The molecule has 1 aromatic heterocycles. The fourth-order valence-corrected chi connectivity index (χ4v) is 2.51. The van der Waals surface area contributed by atoms with Crippen LogP contribution in [0.5, 0.6) is 0 Å². The van der Waals surface area contributed by atoms with Crippen LogP contribution in [0.15, 0.2) is 34.3 Å². The van der Waals surface area contributed by atoms with Crippen LogP contribution in [0.25, 0.3) is 0 Å². The van der Waals surface area contributed by atoms with E-state index in [4.69, 9.17) is 17.3 Å². The highest BCUT2D eigenvalue weighted by molar-refractivity contribution is 7.99. The fourth-order valence-electron chi connectivity index (χ4n) is 1.45. The van der Waals surface area contributed by atoms with Crippen LogP contribution in [0, 0.1) is 13.8 Å².